The van der Waals surface area contributed by atoms with E-state index in [-0.39, 0.29) is 5.91 Å². The molecule has 1 atom stereocenters. The first-order valence-corrected chi connectivity index (χ1v) is 6.13. The van der Waals surface area contributed by atoms with E-state index >= 15 is 0 Å². The monoisotopic (exact) mass is 276 g/mol. The van der Waals surface area contributed by atoms with Gasteiger partial charge in [-0.05, 0) is 38.1 Å². The Morgan fingerprint density at radius 2 is 1.95 bits per heavy atom. The lowest BCUT2D eigenvalue weighted by Crippen LogP contribution is -2.30. The quantitative estimate of drug-likeness (QED) is 0.907. The Kier molecular flexibility index (Phi) is 4.24. The number of amides is 1. The van der Waals surface area contributed by atoms with Crippen molar-refractivity contribution >= 4 is 11.7 Å². The Labute approximate surface area is 116 Å². The minimum Gasteiger partial charge on any atom is -0.497 e. The van der Waals surface area contributed by atoms with Gasteiger partial charge in [-0.1, -0.05) is 5.16 Å². The van der Waals surface area contributed by atoms with Crippen LogP contribution in [0.5, 0.6) is 11.5 Å². The molecule has 20 heavy (non-hydrogen) atoms. The highest BCUT2D eigenvalue weighted by Crippen LogP contribution is 2.18. The highest BCUT2D eigenvalue weighted by molar-refractivity contribution is 5.93. The topological polar surface area (TPSA) is 73.6 Å². The fourth-order valence-electron chi connectivity index (χ4n) is 1.57. The SMILES string of the molecule is COc1ccc(OC(C)C(=O)Nc2cc(C)on2)cc1. The van der Waals surface area contributed by atoms with E-state index in [1.165, 1.54) is 0 Å². The summed E-state index contributed by atoms with van der Waals surface area (Å²) in [5.41, 5.74) is 0. The van der Waals surface area contributed by atoms with Crippen molar-refractivity contribution < 1.29 is 18.8 Å². The molecule has 0 saturated carbocycles. The van der Waals surface area contributed by atoms with Crippen LogP contribution in [0.25, 0.3) is 0 Å². The second-order valence-electron chi connectivity index (χ2n) is 4.25. The van der Waals surface area contributed by atoms with E-state index in [0.29, 0.717) is 17.3 Å². The lowest BCUT2D eigenvalue weighted by atomic mass is 10.3. The largest absolute Gasteiger partial charge is 0.497 e. The van der Waals surface area contributed by atoms with Gasteiger partial charge in [0.2, 0.25) is 0 Å². The smallest absolute Gasteiger partial charge is 0.266 e. The molecular formula is C14H16N2O4. The molecule has 0 aliphatic rings. The number of nitrogens with one attached hydrogen (secondary N) is 1. The molecule has 0 aliphatic heterocycles. The van der Waals surface area contributed by atoms with Crippen LogP contribution in [0.15, 0.2) is 34.9 Å². The Bertz CT molecular complexity index is 577. The van der Waals surface area contributed by atoms with E-state index in [9.17, 15) is 4.79 Å². The summed E-state index contributed by atoms with van der Waals surface area (Å²) in [5, 5.41) is 6.30. The Morgan fingerprint density at radius 3 is 2.50 bits per heavy atom. The molecule has 0 bridgehead atoms. The second kappa shape index (κ2) is 6.10. The van der Waals surface area contributed by atoms with E-state index in [1.807, 2.05) is 0 Å². The molecule has 6 heteroatoms. The summed E-state index contributed by atoms with van der Waals surface area (Å²) < 4.78 is 15.4. The molecule has 1 amide bonds. The van der Waals surface area contributed by atoms with Gasteiger partial charge >= 0.3 is 0 Å². The molecule has 1 aromatic heterocycles. The average molecular weight is 276 g/mol. The minimum atomic E-state index is -0.652. The van der Waals surface area contributed by atoms with E-state index in [0.717, 1.165) is 5.75 Å². The van der Waals surface area contributed by atoms with Gasteiger partial charge in [-0.2, -0.15) is 0 Å². The number of hydrogen-bond donors (Lipinski definition) is 1. The number of methoxy groups -OCH3 is 1. The third kappa shape index (κ3) is 3.50. The van der Waals surface area contributed by atoms with E-state index in [1.54, 1.807) is 51.3 Å². The number of carbonyl (C=O) groups is 1. The zero-order valence-corrected chi connectivity index (χ0v) is 11.5. The zero-order valence-electron chi connectivity index (χ0n) is 11.5. The van der Waals surface area contributed by atoms with Crippen molar-refractivity contribution in [2.45, 2.75) is 20.0 Å². The molecule has 1 heterocycles. The predicted octanol–water partition coefficient (Wildman–Crippen LogP) is 2.40. The van der Waals surface area contributed by atoms with Crippen molar-refractivity contribution in [2.75, 3.05) is 12.4 Å². The summed E-state index contributed by atoms with van der Waals surface area (Å²) in [6.07, 6.45) is -0.652. The van der Waals surface area contributed by atoms with Gasteiger partial charge in [-0.15, -0.1) is 0 Å². The first kappa shape index (κ1) is 13.9. The first-order valence-electron chi connectivity index (χ1n) is 6.13. The lowest BCUT2D eigenvalue weighted by Gasteiger charge is -2.13. The molecule has 0 fully saturated rings. The average Bonchev–Trinajstić information content (AvgIpc) is 2.85. The van der Waals surface area contributed by atoms with Gasteiger partial charge < -0.3 is 19.3 Å². The molecule has 1 N–H and O–H groups in total. The lowest BCUT2D eigenvalue weighted by molar-refractivity contribution is -0.122. The maximum absolute atomic E-state index is 11.9. The van der Waals surface area contributed by atoms with Gasteiger partial charge in [0.1, 0.15) is 17.3 Å². The summed E-state index contributed by atoms with van der Waals surface area (Å²) in [6, 6.07) is 8.64. The maximum atomic E-state index is 11.9. The summed E-state index contributed by atoms with van der Waals surface area (Å²) >= 11 is 0. The highest BCUT2D eigenvalue weighted by Gasteiger charge is 2.16. The fourth-order valence-corrected chi connectivity index (χ4v) is 1.57. The van der Waals surface area contributed by atoms with Crippen LogP contribution in [0, 0.1) is 6.92 Å². The Balaban J connectivity index is 1.92. The van der Waals surface area contributed by atoms with Crippen molar-refractivity contribution in [1.82, 2.24) is 5.16 Å². The third-order valence-electron chi connectivity index (χ3n) is 2.62. The van der Waals surface area contributed by atoms with E-state index in [4.69, 9.17) is 14.0 Å². The van der Waals surface area contributed by atoms with Crippen molar-refractivity contribution in [1.29, 1.82) is 0 Å². The van der Waals surface area contributed by atoms with Crippen molar-refractivity contribution in [2.24, 2.45) is 0 Å². The van der Waals surface area contributed by atoms with Crippen LogP contribution >= 0.6 is 0 Å². The number of anilines is 1. The van der Waals surface area contributed by atoms with Gasteiger partial charge in [0.05, 0.1) is 7.11 Å². The van der Waals surface area contributed by atoms with Crippen LogP contribution in [0.2, 0.25) is 0 Å². The van der Waals surface area contributed by atoms with E-state index in [2.05, 4.69) is 10.5 Å². The Morgan fingerprint density at radius 1 is 1.30 bits per heavy atom. The number of ether oxygens (including phenoxy) is 2. The number of nitrogens with zero attached hydrogens (tertiary/aromatic N) is 1. The van der Waals surface area contributed by atoms with Crippen molar-refractivity contribution in [3.8, 4) is 11.5 Å². The fraction of sp³-hybridized carbons (Fsp3) is 0.286. The summed E-state index contributed by atoms with van der Waals surface area (Å²) in [6.45, 7) is 3.41. The van der Waals surface area contributed by atoms with Crippen LogP contribution in [-0.2, 0) is 4.79 Å². The van der Waals surface area contributed by atoms with Crippen molar-refractivity contribution in [3.05, 3.63) is 36.1 Å². The molecule has 6 nitrogen and oxygen atoms in total. The maximum Gasteiger partial charge on any atom is 0.266 e. The molecule has 1 aromatic carbocycles. The molecule has 106 valence electrons. The van der Waals surface area contributed by atoms with Crippen LogP contribution in [0.3, 0.4) is 0 Å². The van der Waals surface area contributed by atoms with Crippen LogP contribution in [-0.4, -0.2) is 24.3 Å². The Hall–Kier alpha value is -2.50. The van der Waals surface area contributed by atoms with Gasteiger partial charge in [-0.3, -0.25) is 4.79 Å². The number of carbonyl (C=O) groups excluding carboxylic acids is 1. The zero-order chi connectivity index (χ0) is 14.5. The molecule has 2 rings (SSSR count). The number of benzene rings is 1. The van der Waals surface area contributed by atoms with Crippen LogP contribution < -0.4 is 14.8 Å². The van der Waals surface area contributed by atoms with Gasteiger partial charge in [0.15, 0.2) is 11.9 Å². The molecule has 0 spiro atoms. The number of aromatic nitrogens is 1. The number of hydrogen-bond acceptors (Lipinski definition) is 5. The predicted molar refractivity (Wildman–Crippen MR) is 73.0 cm³/mol. The molecule has 2 aromatic rings. The second-order valence-corrected chi connectivity index (χ2v) is 4.25. The van der Waals surface area contributed by atoms with Crippen molar-refractivity contribution in [3.63, 3.8) is 0 Å². The molecule has 0 radical (unpaired) electrons. The molecule has 0 aliphatic carbocycles. The third-order valence-corrected chi connectivity index (χ3v) is 2.62. The number of aryl methyl sites for hydroxylation is 1. The highest BCUT2D eigenvalue weighted by atomic mass is 16.5. The van der Waals surface area contributed by atoms with Crippen LogP contribution in [0.4, 0.5) is 5.82 Å². The summed E-state index contributed by atoms with van der Waals surface area (Å²) in [4.78, 5) is 11.9. The van der Waals surface area contributed by atoms with Gasteiger partial charge in [-0.25, -0.2) is 0 Å². The molecular weight excluding hydrogens is 260 g/mol. The van der Waals surface area contributed by atoms with Gasteiger partial charge in [0, 0.05) is 6.07 Å². The summed E-state index contributed by atoms with van der Waals surface area (Å²) in [5.74, 6) is 2.02. The minimum absolute atomic E-state index is 0.297. The normalized spacial score (nSPS) is 11.8. The molecule has 0 saturated heterocycles. The number of rotatable bonds is 5. The standard InChI is InChI=1S/C14H16N2O4/c1-9-8-13(16-20-9)15-14(17)10(2)19-12-6-4-11(18-3)5-7-12/h4-8,10H,1-3H3,(H,15,16,17). The van der Waals surface area contributed by atoms with Crippen LogP contribution in [0.1, 0.15) is 12.7 Å². The van der Waals surface area contributed by atoms with Gasteiger partial charge in [0.25, 0.3) is 5.91 Å². The molecule has 1 unspecified atom stereocenters. The summed E-state index contributed by atoms with van der Waals surface area (Å²) in [7, 11) is 1.59. The first-order chi connectivity index (χ1) is 9.58. The van der Waals surface area contributed by atoms with E-state index < -0.39 is 6.10 Å².